The minimum Gasteiger partial charge on any atom is -0.449 e. The number of aromatic nitrogens is 3. The number of hydrogen-bond donors (Lipinski definition) is 2. The molecule has 0 saturated carbocycles. The number of aliphatic hydroxyl groups is 1. The lowest BCUT2D eigenvalue weighted by Crippen LogP contribution is -2.42. The van der Waals surface area contributed by atoms with Crippen molar-refractivity contribution in [1.82, 2.24) is 20.3 Å². The van der Waals surface area contributed by atoms with Gasteiger partial charge in [-0.2, -0.15) is 0 Å². The minimum absolute atomic E-state index is 0.0177. The van der Waals surface area contributed by atoms with Gasteiger partial charge in [-0.05, 0) is 45.4 Å². The Kier molecular flexibility index (Phi) is 9.24. The number of carbonyl (C=O) groups is 3. The first kappa shape index (κ1) is 28.4. The largest absolute Gasteiger partial charge is 0.449 e. The number of carbonyl (C=O) groups excluding carboxylic acids is 3. The van der Waals surface area contributed by atoms with E-state index in [1.54, 1.807) is 39.0 Å². The number of fused-ring (bicyclic) bond motifs is 1. The Morgan fingerprint density at radius 1 is 1.03 bits per heavy atom. The van der Waals surface area contributed by atoms with E-state index in [0.717, 1.165) is 12.5 Å². The number of rotatable bonds is 8. The van der Waals surface area contributed by atoms with Gasteiger partial charge in [0.1, 0.15) is 22.6 Å². The smallest absolute Gasteiger partial charge is 0.427 e. The summed E-state index contributed by atoms with van der Waals surface area (Å²) >= 11 is 0. The summed E-state index contributed by atoms with van der Waals surface area (Å²) in [5, 5.41) is 12.0. The third-order valence-corrected chi connectivity index (χ3v) is 5.02. The molecule has 2 N–H and O–H groups in total. The van der Waals surface area contributed by atoms with Crippen molar-refractivity contribution in [3.8, 4) is 0 Å². The number of unbranched alkanes of at least 4 members (excludes halogenated alkanes) is 1. The summed E-state index contributed by atoms with van der Waals surface area (Å²) in [6.45, 7) is 6.42. The average molecular weight is 528 g/mol. The molecule has 0 aliphatic rings. The van der Waals surface area contributed by atoms with Gasteiger partial charge in [0.15, 0.2) is 0 Å². The third-order valence-electron chi connectivity index (χ3n) is 5.02. The van der Waals surface area contributed by atoms with Crippen LogP contribution in [0.5, 0.6) is 0 Å². The van der Waals surface area contributed by atoms with Gasteiger partial charge in [0, 0.05) is 5.39 Å². The highest BCUT2D eigenvalue weighted by Crippen LogP contribution is 2.24. The molecule has 3 amide bonds. The number of ether oxygens (including phenoxy) is 2. The molecule has 38 heavy (non-hydrogen) atoms. The van der Waals surface area contributed by atoms with Crippen LogP contribution in [0.3, 0.4) is 0 Å². The molecule has 3 rings (SSSR count). The fourth-order valence-electron chi connectivity index (χ4n) is 3.26. The number of aliphatic hydroxyl groups excluding tert-OH is 1. The molecule has 0 radical (unpaired) electrons. The van der Waals surface area contributed by atoms with Crippen molar-refractivity contribution < 1.29 is 33.4 Å². The average Bonchev–Trinajstić information content (AvgIpc) is 2.86. The van der Waals surface area contributed by atoms with Gasteiger partial charge >= 0.3 is 12.2 Å². The summed E-state index contributed by atoms with van der Waals surface area (Å²) in [6, 6.07) is 8.91. The number of benzene rings is 1. The van der Waals surface area contributed by atoms with E-state index < -0.39 is 35.5 Å². The Bertz CT molecular complexity index is 1330. The molecule has 0 aliphatic heterocycles. The standard InChI is InChI=1S/C26H30FN5O6/c1-5-6-13-37-24(35)32(25(36)38-26(2,3)4)23-30-20-18(11-8-12-19(20)27)21(31-23)22(34)28-14-16-9-7-10-17(15-33)29-16/h7-12,33H,5-6,13-15H2,1-4H3,(H,28,34). The summed E-state index contributed by atoms with van der Waals surface area (Å²) in [6.07, 6.45) is -0.997. The maximum Gasteiger partial charge on any atom is 0.427 e. The van der Waals surface area contributed by atoms with Crippen molar-refractivity contribution in [3.05, 3.63) is 59.3 Å². The maximum absolute atomic E-state index is 14.8. The van der Waals surface area contributed by atoms with Gasteiger partial charge in [-0.25, -0.2) is 23.9 Å². The molecular weight excluding hydrogens is 497 g/mol. The van der Waals surface area contributed by atoms with Crippen molar-refractivity contribution in [3.63, 3.8) is 0 Å². The lowest BCUT2D eigenvalue weighted by atomic mass is 10.1. The van der Waals surface area contributed by atoms with E-state index in [0.29, 0.717) is 22.7 Å². The van der Waals surface area contributed by atoms with Gasteiger partial charge in [-0.15, -0.1) is 4.90 Å². The SMILES string of the molecule is CCCCOC(=O)N(C(=O)OC(C)(C)C)c1nc(C(=O)NCc2cccc(CO)n2)c2cccc(F)c2n1. The number of halogens is 1. The van der Waals surface area contributed by atoms with E-state index in [4.69, 9.17) is 9.47 Å². The molecule has 0 atom stereocenters. The predicted octanol–water partition coefficient (Wildman–Crippen LogP) is 4.26. The molecule has 12 heteroatoms. The second-order valence-corrected chi connectivity index (χ2v) is 9.25. The van der Waals surface area contributed by atoms with Crippen molar-refractivity contribution in [1.29, 1.82) is 0 Å². The van der Waals surface area contributed by atoms with E-state index in [2.05, 4.69) is 20.3 Å². The molecule has 3 aromatic rings. The van der Waals surface area contributed by atoms with Crippen LogP contribution in [0.2, 0.25) is 0 Å². The maximum atomic E-state index is 14.8. The molecule has 2 heterocycles. The van der Waals surface area contributed by atoms with Crippen LogP contribution < -0.4 is 10.2 Å². The summed E-state index contributed by atoms with van der Waals surface area (Å²) in [7, 11) is 0. The lowest BCUT2D eigenvalue weighted by molar-refractivity contribution is 0.0564. The fraction of sp³-hybridized carbons (Fsp3) is 0.385. The Hall–Kier alpha value is -4.19. The molecule has 0 aliphatic carbocycles. The monoisotopic (exact) mass is 527 g/mol. The highest BCUT2D eigenvalue weighted by Gasteiger charge is 2.34. The summed E-state index contributed by atoms with van der Waals surface area (Å²) in [5.41, 5.74) is -0.666. The first-order valence-electron chi connectivity index (χ1n) is 12.0. The number of imide groups is 1. The van der Waals surface area contributed by atoms with Gasteiger partial charge in [0.2, 0.25) is 5.95 Å². The number of pyridine rings is 1. The van der Waals surface area contributed by atoms with Crippen LogP contribution in [0.25, 0.3) is 10.9 Å². The first-order chi connectivity index (χ1) is 18.0. The lowest BCUT2D eigenvalue weighted by Gasteiger charge is -2.25. The molecular formula is C26H30FN5O6. The molecule has 0 saturated heterocycles. The van der Waals surface area contributed by atoms with Gasteiger partial charge in [-0.1, -0.05) is 31.5 Å². The van der Waals surface area contributed by atoms with Crippen LogP contribution in [0, 0.1) is 5.82 Å². The number of anilines is 1. The summed E-state index contributed by atoms with van der Waals surface area (Å²) in [5.74, 6) is -2.10. The summed E-state index contributed by atoms with van der Waals surface area (Å²) < 4.78 is 25.3. The van der Waals surface area contributed by atoms with Gasteiger partial charge in [0.25, 0.3) is 5.91 Å². The first-order valence-corrected chi connectivity index (χ1v) is 12.0. The van der Waals surface area contributed by atoms with Crippen LogP contribution in [-0.2, 0) is 22.6 Å². The molecule has 0 fully saturated rings. The van der Waals surface area contributed by atoms with Crippen LogP contribution in [0.1, 0.15) is 62.4 Å². The molecule has 202 valence electrons. The number of nitrogens with zero attached hydrogens (tertiary/aromatic N) is 4. The summed E-state index contributed by atoms with van der Waals surface area (Å²) in [4.78, 5) is 52.0. The molecule has 11 nitrogen and oxygen atoms in total. The predicted molar refractivity (Wildman–Crippen MR) is 136 cm³/mol. The zero-order valence-corrected chi connectivity index (χ0v) is 21.7. The second kappa shape index (κ2) is 12.4. The van der Waals surface area contributed by atoms with Crippen molar-refractivity contribution in [2.45, 2.75) is 59.3 Å². The van der Waals surface area contributed by atoms with Gasteiger partial charge in [0.05, 0.1) is 31.1 Å². The molecule has 0 bridgehead atoms. The normalized spacial score (nSPS) is 11.2. The quantitative estimate of drug-likeness (QED) is 0.411. The van der Waals surface area contributed by atoms with Crippen molar-refractivity contribution in [2.24, 2.45) is 0 Å². The Morgan fingerprint density at radius 2 is 1.74 bits per heavy atom. The minimum atomic E-state index is -1.15. The van der Waals surface area contributed by atoms with Crippen LogP contribution >= 0.6 is 0 Å². The van der Waals surface area contributed by atoms with Crippen LogP contribution in [0.4, 0.5) is 19.9 Å². The zero-order chi connectivity index (χ0) is 27.9. The van der Waals surface area contributed by atoms with Crippen molar-refractivity contribution in [2.75, 3.05) is 11.5 Å². The molecule has 0 spiro atoms. The Morgan fingerprint density at radius 3 is 2.42 bits per heavy atom. The van der Waals surface area contributed by atoms with Crippen molar-refractivity contribution >= 4 is 34.9 Å². The van der Waals surface area contributed by atoms with E-state index >= 15 is 0 Å². The van der Waals surface area contributed by atoms with E-state index in [1.165, 1.54) is 12.1 Å². The Balaban J connectivity index is 2.04. The van der Waals surface area contributed by atoms with Crippen LogP contribution in [0.15, 0.2) is 36.4 Å². The molecule has 2 aromatic heterocycles. The Labute approximate surface area is 219 Å². The van der Waals surface area contributed by atoms with Crippen LogP contribution in [-0.4, -0.2) is 50.4 Å². The highest BCUT2D eigenvalue weighted by molar-refractivity contribution is 6.10. The second-order valence-electron chi connectivity index (χ2n) is 9.25. The van der Waals surface area contributed by atoms with Gasteiger partial charge in [-0.3, -0.25) is 9.78 Å². The van der Waals surface area contributed by atoms with E-state index in [-0.39, 0.29) is 36.4 Å². The van der Waals surface area contributed by atoms with E-state index in [1.807, 2.05) is 6.92 Å². The fourth-order valence-corrected chi connectivity index (χ4v) is 3.26. The zero-order valence-electron chi connectivity index (χ0n) is 21.7. The number of para-hydroxylation sites is 1. The highest BCUT2D eigenvalue weighted by atomic mass is 19.1. The van der Waals surface area contributed by atoms with Gasteiger partial charge < -0.3 is 19.9 Å². The number of amides is 3. The van der Waals surface area contributed by atoms with E-state index in [9.17, 15) is 23.9 Å². The molecule has 0 unspecified atom stereocenters. The topological polar surface area (TPSA) is 144 Å². The third kappa shape index (κ3) is 7.19. The molecule has 1 aromatic carbocycles. The number of nitrogens with one attached hydrogen (secondary N) is 1. The number of hydrogen-bond acceptors (Lipinski definition) is 9.